The summed E-state index contributed by atoms with van der Waals surface area (Å²) in [5.41, 5.74) is 0.435. The topological polar surface area (TPSA) is 90.1 Å². The van der Waals surface area contributed by atoms with Crippen molar-refractivity contribution in [1.82, 2.24) is 20.4 Å². The van der Waals surface area contributed by atoms with E-state index >= 15 is 0 Å². The van der Waals surface area contributed by atoms with Crippen LogP contribution in [0.4, 0.5) is 0 Å². The maximum Gasteiger partial charge on any atom is 0.270 e. The van der Waals surface area contributed by atoms with Gasteiger partial charge in [-0.05, 0) is 6.26 Å². The first kappa shape index (κ1) is 14.9. The number of hydrogen-bond acceptors (Lipinski definition) is 8. The van der Waals surface area contributed by atoms with Crippen LogP contribution in [-0.2, 0) is 17.8 Å². The summed E-state index contributed by atoms with van der Waals surface area (Å²) in [6, 6.07) is 0. The molecular formula is C11H14N4O3S2. The van der Waals surface area contributed by atoms with Crippen LogP contribution in [0.25, 0.3) is 0 Å². The van der Waals surface area contributed by atoms with Gasteiger partial charge >= 0.3 is 0 Å². The third-order valence-corrected chi connectivity index (χ3v) is 4.16. The summed E-state index contributed by atoms with van der Waals surface area (Å²) in [6.07, 6.45) is 2.40. The minimum Gasteiger partial charge on any atom is -0.377 e. The molecule has 0 aliphatic heterocycles. The van der Waals surface area contributed by atoms with Crippen molar-refractivity contribution < 1.29 is 14.1 Å². The third kappa shape index (κ3) is 4.02. The quantitative estimate of drug-likeness (QED) is 0.772. The molecule has 0 radical (unpaired) electrons. The number of hydrogen-bond donors (Lipinski definition) is 1. The fraction of sp³-hybridized carbons (Fsp3) is 0.455. The van der Waals surface area contributed by atoms with Crippen LogP contribution in [-0.4, -0.2) is 40.9 Å². The minimum absolute atomic E-state index is 0.196. The van der Waals surface area contributed by atoms with Gasteiger partial charge < -0.3 is 14.6 Å². The maximum absolute atomic E-state index is 11.8. The molecule has 0 aliphatic rings. The second-order valence-corrected chi connectivity index (χ2v) is 5.66. The summed E-state index contributed by atoms with van der Waals surface area (Å²) in [7, 11) is 1.56. The SMILES string of the molecule is COCc1noc(CCNC(=O)c2csc(SC)n2)n1. The number of ether oxygens (including phenoxy) is 1. The van der Waals surface area contributed by atoms with Crippen molar-refractivity contribution in [1.29, 1.82) is 0 Å². The number of thioether (sulfide) groups is 1. The summed E-state index contributed by atoms with van der Waals surface area (Å²) in [4.78, 5) is 20.1. The van der Waals surface area contributed by atoms with Crippen LogP contribution in [0.1, 0.15) is 22.2 Å². The van der Waals surface area contributed by atoms with Gasteiger partial charge in [-0.1, -0.05) is 16.9 Å². The molecule has 7 nitrogen and oxygen atoms in total. The Bertz CT molecular complexity index is 570. The smallest absolute Gasteiger partial charge is 0.270 e. The standard InChI is InChI=1S/C11H14N4O3S2/c1-17-5-8-14-9(18-15-8)3-4-12-10(16)7-6-20-11(13-7)19-2/h6H,3-5H2,1-2H3,(H,12,16). The van der Waals surface area contributed by atoms with E-state index < -0.39 is 0 Å². The molecule has 108 valence electrons. The van der Waals surface area contributed by atoms with Gasteiger partial charge in [0, 0.05) is 25.5 Å². The molecule has 0 saturated carbocycles. The lowest BCUT2D eigenvalue weighted by Crippen LogP contribution is -2.26. The van der Waals surface area contributed by atoms with E-state index in [4.69, 9.17) is 9.26 Å². The number of carbonyl (C=O) groups is 1. The van der Waals surface area contributed by atoms with E-state index in [1.54, 1.807) is 12.5 Å². The number of rotatable bonds is 7. The number of carbonyl (C=O) groups excluding carboxylic acids is 1. The van der Waals surface area contributed by atoms with Crippen LogP contribution in [0.5, 0.6) is 0 Å². The van der Waals surface area contributed by atoms with Crippen LogP contribution in [0.2, 0.25) is 0 Å². The van der Waals surface area contributed by atoms with Gasteiger partial charge in [-0.2, -0.15) is 4.98 Å². The monoisotopic (exact) mass is 314 g/mol. The van der Waals surface area contributed by atoms with Crippen molar-refractivity contribution in [3.05, 3.63) is 22.8 Å². The molecule has 9 heteroatoms. The molecule has 0 fully saturated rings. The van der Waals surface area contributed by atoms with Gasteiger partial charge in [0.2, 0.25) is 5.89 Å². The second-order valence-electron chi connectivity index (χ2n) is 3.75. The number of thiazole rings is 1. The molecule has 0 unspecified atom stereocenters. The maximum atomic E-state index is 11.8. The van der Waals surface area contributed by atoms with Crippen LogP contribution >= 0.6 is 23.1 Å². The molecule has 0 aromatic carbocycles. The number of amides is 1. The summed E-state index contributed by atoms with van der Waals surface area (Å²) in [6.45, 7) is 0.728. The molecule has 1 N–H and O–H groups in total. The lowest BCUT2D eigenvalue weighted by molar-refractivity contribution is 0.0948. The lowest BCUT2D eigenvalue weighted by atomic mass is 10.4. The molecule has 2 heterocycles. The first-order valence-corrected chi connectivity index (χ1v) is 7.91. The lowest BCUT2D eigenvalue weighted by Gasteiger charge is -1.99. The Morgan fingerprint density at radius 3 is 3.10 bits per heavy atom. The highest BCUT2D eigenvalue weighted by atomic mass is 32.2. The zero-order valence-corrected chi connectivity index (χ0v) is 12.7. The van der Waals surface area contributed by atoms with Crippen molar-refractivity contribution in [2.24, 2.45) is 0 Å². The Hall–Kier alpha value is -1.45. The average molecular weight is 314 g/mol. The van der Waals surface area contributed by atoms with E-state index in [-0.39, 0.29) is 5.91 Å². The number of nitrogens with one attached hydrogen (secondary N) is 1. The van der Waals surface area contributed by atoms with Gasteiger partial charge in [-0.15, -0.1) is 11.3 Å². The Kier molecular flexibility index (Phi) is 5.50. The molecule has 2 rings (SSSR count). The van der Waals surface area contributed by atoms with Gasteiger partial charge in [-0.3, -0.25) is 4.79 Å². The molecule has 0 bridgehead atoms. The van der Waals surface area contributed by atoms with E-state index in [2.05, 4.69) is 20.4 Å². The second kappa shape index (κ2) is 7.36. The fourth-order valence-corrected chi connectivity index (χ4v) is 2.65. The van der Waals surface area contributed by atoms with E-state index in [0.717, 1.165) is 4.34 Å². The van der Waals surface area contributed by atoms with Crippen LogP contribution in [0.3, 0.4) is 0 Å². The molecule has 0 saturated heterocycles. The summed E-state index contributed by atoms with van der Waals surface area (Å²) in [5.74, 6) is 0.775. The third-order valence-electron chi connectivity index (χ3n) is 2.30. The van der Waals surface area contributed by atoms with Crippen molar-refractivity contribution in [3.63, 3.8) is 0 Å². The predicted octanol–water partition coefficient (Wildman–Crippen LogP) is 1.37. The van der Waals surface area contributed by atoms with Gasteiger partial charge in [0.05, 0.1) is 0 Å². The molecular weight excluding hydrogens is 300 g/mol. The number of nitrogens with zero attached hydrogens (tertiary/aromatic N) is 3. The average Bonchev–Trinajstić information content (AvgIpc) is 3.08. The molecule has 0 atom stereocenters. The molecule has 20 heavy (non-hydrogen) atoms. The van der Waals surface area contributed by atoms with Crippen LogP contribution in [0, 0.1) is 0 Å². The van der Waals surface area contributed by atoms with Crippen molar-refractivity contribution in [2.45, 2.75) is 17.4 Å². The Labute approximate surface area is 124 Å². The zero-order chi connectivity index (χ0) is 14.4. The molecule has 2 aromatic rings. The molecule has 0 aliphatic carbocycles. The number of methoxy groups -OCH3 is 1. The fourth-order valence-electron chi connectivity index (χ4n) is 1.41. The highest BCUT2D eigenvalue weighted by molar-refractivity contribution is 8.00. The van der Waals surface area contributed by atoms with Gasteiger partial charge in [0.1, 0.15) is 16.6 Å². The van der Waals surface area contributed by atoms with Gasteiger partial charge in [0.15, 0.2) is 5.82 Å². The normalized spacial score (nSPS) is 10.7. The van der Waals surface area contributed by atoms with Crippen LogP contribution < -0.4 is 5.32 Å². The Morgan fingerprint density at radius 2 is 2.40 bits per heavy atom. The Morgan fingerprint density at radius 1 is 1.55 bits per heavy atom. The number of aromatic nitrogens is 3. The molecule has 0 spiro atoms. The van der Waals surface area contributed by atoms with Gasteiger partial charge in [-0.25, -0.2) is 4.98 Å². The van der Waals surface area contributed by atoms with E-state index in [0.29, 0.717) is 37.0 Å². The Balaban J connectivity index is 1.78. The first-order valence-electron chi connectivity index (χ1n) is 5.81. The molecule has 1 amide bonds. The summed E-state index contributed by atoms with van der Waals surface area (Å²) in [5, 5.41) is 8.24. The van der Waals surface area contributed by atoms with Crippen LogP contribution in [0.15, 0.2) is 14.2 Å². The summed E-state index contributed by atoms with van der Waals surface area (Å²) < 4.78 is 10.8. The van der Waals surface area contributed by atoms with Gasteiger partial charge in [0.25, 0.3) is 5.91 Å². The largest absolute Gasteiger partial charge is 0.377 e. The van der Waals surface area contributed by atoms with Crippen molar-refractivity contribution in [3.8, 4) is 0 Å². The minimum atomic E-state index is -0.196. The van der Waals surface area contributed by atoms with E-state index in [1.807, 2.05) is 6.26 Å². The summed E-state index contributed by atoms with van der Waals surface area (Å²) >= 11 is 2.97. The first-order chi connectivity index (χ1) is 9.72. The van der Waals surface area contributed by atoms with Crippen molar-refractivity contribution >= 4 is 29.0 Å². The van der Waals surface area contributed by atoms with Crippen molar-refractivity contribution in [2.75, 3.05) is 19.9 Å². The highest BCUT2D eigenvalue weighted by Gasteiger charge is 2.11. The van der Waals surface area contributed by atoms with E-state index in [9.17, 15) is 4.79 Å². The predicted molar refractivity (Wildman–Crippen MR) is 74.9 cm³/mol. The highest BCUT2D eigenvalue weighted by Crippen LogP contribution is 2.19. The molecule has 2 aromatic heterocycles. The van der Waals surface area contributed by atoms with E-state index in [1.165, 1.54) is 23.1 Å². The zero-order valence-electron chi connectivity index (χ0n) is 11.1.